The summed E-state index contributed by atoms with van der Waals surface area (Å²) in [6, 6.07) is 0.895. The van der Waals surface area contributed by atoms with Gasteiger partial charge < -0.3 is 10.1 Å². The SMILES string of the molecule is CCC(C)OC(=O)c1c(NC(=O)Cn2nc(C(F)(F)F)cc2C)sc2c1CCCC2. The summed E-state index contributed by atoms with van der Waals surface area (Å²) in [4.78, 5) is 26.4. The third-order valence-electron chi connectivity index (χ3n) is 5.08. The van der Waals surface area contributed by atoms with Gasteiger partial charge in [0.15, 0.2) is 5.69 Å². The first-order chi connectivity index (χ1) is 14.1. The lowest BCUT2D eigenvalue weighted by molar-refractivity contribution is -0.141. The molecule has 0 radical (unpaired) electrons. The van der Waals surface area contributed by atoms with Crippen molar-refractivity contribution < 1.29 is 27.5 Å². The van der Waals surface area contributed by atoms with Crippen LogP contribution in [0.4, 0.5) is 18.2 Å². The van der Waals surface area contributed by atoms with Crippen LogP contribution in [0.3, 0.4) is 0 Å². The van der Waals surface area contributed by atoms with Gasteiger partial charge in [0.25, 0.3) is 0 Å². The number of aryl methyl sites for hydroxylation is 2. The molecule has 2 aromatic heterocycles. The predicted octanol–water partition coefficient (Wildman–Crippen LogP) is 4.74. The van der Waals surface area contributed by atoms with Gasteiger partial charge in [-0.3, -0.25) is 9.48 Å². The van der Waals surface area contributed by atoms with Crippen LogP contribution in [0.15, 0.2) is 6.07 Å². The number of esters is 1. The zero-order valence-electron chi connectivity index (χ0n) is 17.1. The molecule has 1 unspecified atom stereocenters. The van der Waals surface area contributed by atoms with Crippen molar-refractivity contribution in [3.05, 3.63) is 33.5 Å². The van der Waals surface area contributed by atoms with Crippen molar-refractivity contribution in [1.29, 1.82) is 0 Å². The zero-order valence-corrected chi connectivity index (χ0v) is 17.9. The van der Waals surface area contributed by atoms with E-state index < -0.39 is 23.7 Å². The normalized spacial score (nSPS) is 14.9. The number of ether oxygens (including phenoxy) is 1. The lowest BCUT2D eigenvalue weighted by Crippen LogP contribution is -2.22. The number of aromatic nitrogens is 2. The van der Waals surface area contributed by atoms with Crippen LogP contribution >= 0.6 is 11.3 Å². The minimum absolute atomic E-state index is 0.222. The number of halogens is 3. The maximum atomic E-state index is 12.8. The third-order valence-corrected chi connectivity index (χ3v) is 6.28. The highest BCUT2D eigenvalue weighted by Crippen LogP contribution is 2.39. The number of carbonyl (C=O) groups is 2. The summed E-state index contributed by atoms with van der Waals surface area (Å²) in [5, 5.41) is 6.57. The van der Waals surface area contributed by atoms with Gasteiger partial charge in [-0.15, -0.1) is 11.3 Å². The van der Waals surface area contributed by atoms with Gasteiger partial charge in [-0.05, 0) is 57.6 Å². The Morgan fingerprint density at radius 2 is 2.03 bits per heavy atom. The summed E-state index contributed by atoms with van der Waals surface area (Å²) in [5.41, 5.74) is 0.456. The van der Waals surface area contributed by atoms with E-state index in [2.05, 4.69) is 10.4 Å². The van der Waals surface area contributed by atoms with E-state index in [4.69, 9.17) is 4.74 Å². The first-order valence-corrected chi connectivity index (χ1v) is 10.7. The van der Waals surface area contributed by atoms with Crippen LogP contribution in [-0.2, 0) is 35.1 Å². The Morgan fingerprint density at radius 3 is 2.67 bits per heavy atom. The molecule has 1 aliphatic carbocycles. The molecule has 1 atom stereocenters. The molecule has 10 heteroatoms. The quantitative estimate of drug-likeness (QED) is 0.655. The summed E-state index contributed by atoms with van der Waals surface area (Å²) < 4.78 is 45.0. The van der Waals surface area contributed by atoms with Crippen molar-refractivity contribution in [2.75, 3.05) is 5.32 Å². The van der Waals surface area contributed by atoms with Gasteiger partial charge in [-0.1, -0.05) is 6.92 Å². The monoisotopic (exact) mass is 443 g/mol. The summed E-state index contributed by atoms with van der Waals surface area (Å²) >= 11 is 1.34. The summed E-state index contributed by atoms with van der Waals surface area (Å²) in [7, 11) is 0. The number of hydrogen-bond acceptors (Lipinski definition) is 5. The van der Waals surface area contributed by atoms with Crippen molar-refractivity contribution in [3.8, 4) is 0 Å². The molecule has 3 rings (SSSR count). The van der Waals surface area contributed by atoms with Crippen LogP contribution in [-0.4, -0.2) is 27.8 Å². The van der Waals surface area contributed by atoms with E-state index in [1.807, 2.05) is 6.92 Å². The second-order valence-corrected chi connectivity index (χ2v) is 8.52. The molecule has 1 amide bonds. The molecule has 30 heavy (non-hydrogen) atoms. The maximum absolute atomic E-state index is 12.8. The van der Waals surface area contributed by atoms with Gasteiger partial charge in [0.1, 0.15) is 11.5 Å². The van der Waals surface area contributed by atoms with Crippen molar-refractivity contribution in [3.63, 3.8) is 0 Å². The molecular formula is C20H24F3N3O3S. The fourth-order valence-corrected chi connectivity index (χ4v) is 4.60. The lowest BCUT2D eigenvalue weighted by atomic mass is 9.95. The summed E-state index contributed by atoms with van der Waals surface area (Å²) in [6.07, 6.45) is -0.646. The highest BCUT2D eigenvalue weighted by atomic mass is 32.1. The largest absolute Gasteiger partial charge is 0.459 e. The van der Waals surface area contributed by atoms with Gasteiger partial charge in [-0.25, -0.2) is 4.79 Å². The first-order valence-electron chi connectivity index (χ1n) is 9.87. The molecule has 0 aliphatic heterocycles. The Hall–Kier alpha value is -2.36. The topological polar surface area (TPSA) is 73.2 Å². The third kappa shape index (κ3) is 4.85. The molecule has 0 fully saturated rings. The minimum atomic E-state index is -4.58. The molecular weight excluding hydrogens is 419 g/mol. The minimum Gasteiger partial charge on any atom is -0.459 e. The standard InChI is InChI=1S/C20H24F3N3O3S/c1-4-12(3)29-19(28)17-13-7-5-6-8-14(13)30-18(17)24-16(27)10-26-11(2)9-15(25-26)20(21,22)23/h9,12H,4-8,10H2,1-3H3,(H,24,27). The number of hydrogen-bond donors (Lipinski definition) is 1. The molecule has 0 bridgehead atoms. The smallest absolute Gasteiger partial charge is 0.435 e. The number of nitrogens with zero attached hydrogens (tertiary/aromatic N) is 2. The van der Waals surface area contributed by atoms with E-state index in [-0.39, 0.29) is 18.3 Å². The number of carbonyl (C=O) groups excluding carboxylic acids is 2. The van der Waals surface area contributed by atoms with Gasteiger partial charge in [-0.2, -0.15) is 18.3 Å². The number of rotatable bonds is 6. The summed E-state index contributed by atoms with van der Waals surface area (Å²) in [6.45, 7) is 4.78. The number of anilines is 1. The molecule has 0 spiro atoms. The van der Waals surface area contributed by atoms with E-state index in [9.17, 15) is 22.8 Å². The van der Waals surface area contributed by atoms with Crippen molar-refractivity contribution in [2.24, 2.45) is 0 Å². The first kappa shape index (κ1) is 22.3. The van der Waals surface area contributed by atoms with Gasteiger partial charge in [0.2, 0.25) is 5.91 Å². The number of thiophene rings is 1. The van der Waals surface area contributed by atoms with Gasteiger partial charge in [0, 0.05) is 10.6 Å². The molecule has 2 aromatic rings. The Kier molecular flexibility index (Phi) is 6.54. The van der Waals surface area contributed by atoms with Crippen LogP contribution in [0.1, 0.15) is 65.3 Å². The van der Waals surface area contributed by atoms with Gasteiger partial charge in [0.05, 0.1) is 11.7 Å². The molecule has 0 saturated heterocycles. The molecule has 2 heterocycles. The van der Waals surface area contributed by atoms with Crippen LogP contribution in [0, 0.1) is 6.92 Å². The predicted molar refractivity (Wildman–Crippen MR) is 107 cm³/mol. The van der Waals surface area contributed by atoms with E-state index in [0.29, 0.717) is 17.0 Å². The molecule has 164 valence electrons. The highest BCUT2D eigenvalue weighted by Gasteiger charge is 2.34. The molecule has 0 saturated carbocycles. The van der Waals surface area contributed by atoms with Crippen molar-refractivity contribution >= 4 is 28.2 Å². The van der Waals surface area contributed by atoms with E-state index >= 15 is 0 Å². The van der Waals surface area contributed by atoms with E-state index in [1.54, 1.807) is 6.92 Å². The van der Waals surface area contributed by atoms with Crippen LogP contribution in [0.5, 0.6) is 0 Å². The Labute approximate surface area is 176 Å². The molecule has 0 aromatic carbocycles. The second kappa shape index (κ2) is 8.79. The maximum Gasteiger partial charge on any atom is 0.435 e. The van der Waals surface area contributed by atoms with Crippen molar-refractivity contribution in [1.82, 2.24) is 9.78 Å². The number of nitrogens with one attached hydrogen (secondary N) is 1. The zero-order chi connectivity index (χ0) is 22.1. The average molecular weight is 443 g/mol. The molecule has 1 N–H and O–H groups in total. The number of amides is 1. The number of alkyl halides is 3. The molecule has 6 nitrogen and oxygen atoms in total. The van der Waals surface area contributed by atoms with Gasteiger partial charge >= 0.3 is 12.1 Å². The van der Waals surface area contributed by atoms with E-state index in [1.165, 1.54) is 18.3 Å². The van der Waals surface area contributed by atoms with Crippen LogP contribution < -0.4 is 5.32 Å². The Morgan fingerprint density at radius 1 is 1.33 bits per heavy atom. The molecule has 1 aliphatic rings. The van der Waals surface area contributed by atoms with Crippen molar-refractivity contribution in [2.45, 2.75) is 71.7 Å². The number of fused-ring (bicyclic) bond motifs is 1. The second-order valence-electron chi connectivity index (χ2n) is 7.41. The summed E-state index contributed by atoms with van der Waals surface area (Å²) in [5.74, 6) is -1.03. The lowest BCUT2D eigenvalue weighted by Gasteiger charge is -2.15. The highest BCUT2D eigenvalue weighted by molar-refractivity contribution is 7.17. The van der Waals surface area contributed by atoms with Crippen LogP contribution in [0.25, 0.3) is 0 Å². The Bertz CT molecular complexity index is 949. The average Bonchev–Trinajstić information content (AvgIpc) is 3.21. The van der Waals surface area contributed by atoms with E-state index in [0.717, 1.165) is 46.9 Å². The fraction of sp³-hybridized carbons (Fsp3) is 0.550. The van der Waals surface area contributed by atoms with Crippen LogP contribution in [0.2, 0.25) is 0 Å². The fourth-order valence-electron chi connectivity index (χ4n) is 3.31. The Balaban J connectivity index is 1.82.